The Labute approximate surface area is 156 Å². The van der Waals surface area contributed by atoms with E-state index in [4.69, 9.17) is 22.1 Å². The van der Waals surface area contributed by atoms with E-state index in [2.05, 4.69) is 4.98 Å². The first-order valence-electron chi connectivity index (χ1n) is 7.41. The van der Waals surface area contributed by atoms with E-state index in [-0.39, 0.29) is 30.5 Å². The lowest BCUT2D eigenvalue weighted by atomic mass is 10.1. The second-order valence-corrected chi connectivity index (χ2v) is 6.83. The highest BCUT2D eigenvalue weighted by atomic mass is 35.5. The zero-order valence-corrected chi connectivity index (χ0v) is 15.5. The average Bonchev–Trinajstić information content (AvgIpc) is 3.04. The Morgan fingerprint density at radius 3 is 2.92 bits per heavy atom. The molecule has 0 saturated carbocycles. The molecule has 1 fully saturated rings. The van der Waals surface area contributed by atoms with Crippen molar-refractivity contribution in [2.75, 3.05) is 13.2 Å². The third-order valence-electron chi connectivity index (χ3n) is 3.89. The van der Waals surface area contributed by atoms with Crippen molar-refractivity contribution in [2.24, 2.45) is 5.73 Å². The van der Waals surface area contributed by atoms with Crippen LogP contribution < -0.4 is 5.73 Å². The van der Waals surface area contributed by atoms with Gasteiger partial charge in [-0.05, 0) is 13.0 Å². The molecule has 1 saturated heterocycles. The van der Waals surface area contributed by atoms with Crippen molar-refractivity contribution in [1.82, 2.24) is 9.88 Å². The summed E-state index contributed by atoms with van der Waals surface area (Å²) in [5, 5.41) is 3.17. The predicted octanol–water partition coefficient (Wildman–Crippen LogP) is 3.28. The van der Waals surface area contributed by atoms with Gasteiger partial charge in [-0.1, -0.05) is 29.8 Å². The van der Waals surface area contributed by atoms with Crippen LogP contribution >= 0.6 is 35.3 Å². The number of hydrogen-bond donors (Lipinski definition) is 1. The van der Waals surface area contributed by atoms with Gasteiger partial charge in [-0.2, -0.15) is 0 Å². The van der Waals surface area contributed by atoms with Crippen LogP contribution in [0.2, 0.25) is 5.02 Å². The van der Waals surface area contributed by atoms with E-state index in [0.29, 0.717) is 30.4 Å². The maximum Gasteiger partial charge on any atom is 0.273 e. The van der Waals surface area contributed by atoms with Gasteiger partial charge in [0.05, 0.1) is 19.2 Å². The van der Waals surface area contributed by atoms with E-state index in [1.165, 1.54) is 11.3 Å². The first kappa shape index (κ1) is 19.1. The van der Waals surface area contributed by atoms with Crippen LogP contribution in [0.5, 0.6) is 0 Å². The summed E-state index contributed by atoms with van der Waals surface area (Å²) in [5.74, 6) is -0.0891. The average molecular weight is 388 g/mol. The fourth-order valence-electron chi connectivity index (χ4n) is 2.61. The van der Waals surface area contributed by atoms with Gasteiger partial charge in [-0.15, -0.1) is 23.7 Å². The summed E-state index contributed by atoms with van der Waals surface area (Å²) < 4.78 is 5.88. The highest BCUT2D eigenvalue weighted by Crippen LogP contribution is 2.30. The molecule has 1 aromatic heterocycles. The minimum absolute atomic E-state index is 0. The summed E-state index contributed by atoms with van der Waals surface area (Å²) in [6.07, 6.45) is -0.225. The summed E-state index contributed by atoms with van der Waals surface area (Å²) in [6, 6.07) is 7.55. The van der Waals surface area contributed by atoms with Crippen molar-refractivity contribution >= 4 is 41.3 Å². The second kappa shape index (κ2) is 8.27. The number of amides is 1. The summed E-state index contributed by atoms with van der Waals surface area (Å²) >= 11 is 7.66. The first-order chi connectivity index (χ1) is 11.1. The molecule has 0 radical (unpaired) electrons. The molecule has 0 spiro atoms. The maximum absolute atomic E-state index is 12.7. The van der Waals surface area contributed by atoms with Crippen molar-refractivity contribution in [3.8, 4) is 0 Å². The van der Waals surface area contributed by atoms with E-state index < -0.39 is 0 Å². The Balaban J connectivity index is 0.00000208. The molecule has 130 valence electrons. The largest absolute Gasteiger partial charge is 0.369 e. The minimum atomic E-state index is -0.225. The summed E-state index contributed by atoms with van der Waals surface area (Å²) in [4.78, 5) is 18.8. The van der Waals surface area contributed by atoms with Crippen LogP contribution in [-0.2, 0) is 11.3 Å². The molecular weight excluding hydrogens is 369 g/mol. The molecule has 0 bridgehead atoms. The standard InChI is InChI=1S/C16H18ClN3O2S.ClH/c1-10-8-22-14(11-4-2-3-5-12(11)17)7-20(10)16(21)13-9-23-15(6-18)19-13;/h2-5,9-10,14H,6-8,18H2,1H3;1H. The Kier molecular flexibility index (Phi) is 6.60. The molecule has 2 heterocycles. The monoisotopic (exact) mass is 387 g/mol. The van der Waals surface area contributed by atoms with Crippen molar-refractivity contribution < 1.29 is 9.53 Å². The van der Waals surface area contributed by atoms with Gasteiger partial charge in [0.25, 0.3) is 5.91 Å². The van der Waals surface area contributed by atoms with Gasteiger partial charge < -0.3 is 15.4 Å². The highest BCUT2D eigenvalue weighted by molar-refractivity contribution is 7.09. The molecule has 1 aliphatic rings. The number of ether oxygens (including phenoxy) is 1. The summed E-state index contributed by atoms with van der Waals surface area (Å²) in [6.45, 7) is 3.24. The minimum Gasteiger partial charge on any atom is -0.369 e. The SMILES string of the molecule is CC1COC(c2ccccc2Cl)CN1C(=O)c1csc(CN)n1.Cl. The fraction of sp³-hybridized carbons (Fsp3) is 0.375. The lowest BCUT2D eigenvalue weighted by molar-refractivity contribution is -0.0487. The smallest absolute Gasteiger partial charge is 0.273 e. The van der Waals surface area contributed by atoms with Gasteiger partial charge in [0.15, 0.2) is 0 Å². The number of carbonyl (C=O) groups is 1. The molecule has 0 aliphatic carbocycles. The predicted molar refractivity (Wildman–Crippen MR) is 97.9 cm³/mol. The van der Waals surface area contributed by atoms with Crippen LogP contribution in [-0.4, -0.2) is 35.0 Å². The van der Waals surface area contributed by atoms with Crippen molar-refractivity contribution in [1.29, 1.82) is 0 Å². The topological polar surface area (TPSA) is 68.5 Å². The van der Waals surface area contributed by atoms with Crippen molar-refractivity contribution in [3.63, 3.8) is 0 Å². The van der Waals surface area contributed by atoms with E-state index in [0.717, 1.165) is 10.6 Å². The lowest BCUT2D eigenvalue weighted by Crippen LogP contribution is -2.48. The quantitative estimate of drug-likeness (QED) is 0.876. The van der Waals surface area contributed by atoms with Gasteiger partial charge >= 0.3 is 0 Å². The number of halogens is 2. The normalized spacial score (nSPS) is 20.5. The van der Waals surface area contributed by atoms with E-state index in [9.17, 15) is 4.79 Å². The van der Waals surface area contributed by atoms with Crippen LogP contribution in [0.1, 0.15) is 34.1 Å². The maximum atomic E-state index is 12.7. The Morgan fingerprint density at radius 1 is 1.50 bits per heavy atom. The van der Waals surface area contributed by atoms with Crippen LogP contribution in [0.25, 0.3) is 0 Å². The van der Waals surface area contributed by atoms with Gasteiger partial charge in [0, 0.05) is 22.5 Å². The van der Waals surface area contributed by atoms with E-state index in [1.54, 1.807) is 10.3 Å². The highest BCUT2D eigenvalue weighted by Gasteiger charge is 2.32. The van der Waals surface area contributed by atoms with Gasteiger partial charge in [-0.3, -0.25) is 4.79 Å². The molecule has 1 aliphatic heterocycles. The van der Waals surface area contributed by atoms with Crippen molar-refractivity contribution in [2.45, 2.75) is 25.6 Å². The van der Waals surface area contributed by atoms with Crippen LogP contribution in [0, 0.1) is 0 Å². The summed E-state index contributed by atoms with van der Waals surface area (Å²) in [5.41, 5.74) is 6.92. The molecule has 2 atom stereocenters. The number of rotatable bonds is 3. The Bertz CT molecular complexity index is 710. The van der Waals surface area contributed by atoms with Crippen LogP contribution in [0.15, 0.2) is 29.6 Å². The zero-order chi connectivity index (χ0) is 16.4. The number of benzene rings is 1. The molecule has 8 heteroatoms. The third-order valence-corrected chi connectivity index (χ3v) is 5.11. The summed E-state index contributed by atoms with van der Waals surface area (Å²) in [7, 11) is 0. The number of thiazole rings is 1. The number of nitrogens with zero attached hydrogens (tertiary/aromatic N) is 2. The third kappa shape index (κ3) is 3.90. The van der Waals surface area contributed by atoms with Crippen molar-refractivity contribution in [3.05, 3.63) is 50.9 Å². The van der Waals surface area contributed by atoms with Gasteiger partial charge in [0.1, 0.15) is 16.8 Å². The second-order valence-electron chi connectivity index (χ2n) is 5.48. The number of morpholine rings is 1. The molecular formula is C16H19Cl2N3O2S. The number of aromatic nitrogens is 1. The molecule has 1 amide bonds. The molecule has 24 heavy (non-hydrogen) atoms. The number of nitrogens with two attached hydrogens (primary N) is 1. The lowest BCUT2D eigenvalue weighted by Gasteiger charge is -2.38. The van der Waals surface area contributed by atoms with Gasteiger partial charge in [0.2, 0.25) is 0 Å². The zero-order valence-electron chi connectivity index (χ0n) is 13.1. The Morgan fingerprint density at radius 2 is 2.25 bits per heavy atom. The van der Waals surface area contributed by atoms with Gasteiger partial charge in [-0.25, -0.2) is 4.98 Å². The molecule has 5 nitrogen and oxygen atoms in total. The van der Waals surface area contributed by atoms with E-state index in [1.807, 2.05) is 31.2 Å². The van der Waals surface area contributed by atoms with Crippen LogP contribution in [0.4, 0.5) is 0 Å². The molecule has 1 aromatic carbocycles. The molecule has 2 N–H and O–H groups in total. The number of hydrogen-bond acceptors (Lipinski definition) is 5. The van der Waals surface area contributed by atoms with E-state index >= 15 is 0 Å². The fourth-order valence-corrected chi connectivity index (χ4v) is 3.52. The van der Waals surface area contributed by atoms with Crippen LogP contribution in [0.3, 0.4) is 0 Å². The molecule has 2 aromatic rings. The molecule has 2 unspecified atom stereocenters. The first-order valence-corrected chi connectivity index (χ1v) is 8.67. The number of carbonyl (C=O) groups excluding carboxylic acids is 1. The Hall–Kier alpha value is -1.18. The molecule has 3 rings (SSSR count).